The van der Waals surface area contributed by atoms with Crippen molar-refractivity contribution in [1.29, 1.82) is 5.26 Å². The molecule has 0 amide bonds. The van der Waals surface area contributed by atoms with E-state index in [0.29, 0.717) is 36.4 Å². The zero-order chi connectivity index (χ0) is 12.7. The molecule has 0 aliphatic rings. The van der Waals surface area contributed by atoms with Crippen LogP contribution < -0.4 is 4.74 Å². The van der Waals surface area contributed by atoms with Gasteiger partial charge < -0.3 is 9.47 Å². The van der Waals surface area contributed by atoms with Crippen molar-refractivity contribution in [2.45, 2.75) is 20.0 Å². The molecular formula is C13H15NO3. The van der Waals surface area contributed by atoms with Gasteiger partial charge in [-0.05, 0) is 32.0 Å². The molecule has 0 unspecified atom stereocenters. The normalized spacial score (nSPS) is 10.0. The van der Waals surface area contributed by atoms with Gasteiger partial charge in [-0.1, -0.05) is 0 Å². The summed E-state index contributed by atoms with van der Waals surface area (Å²) in [5.41, 5.74) is 0.825. The lowest BCUT2D eigenvalue weighted by Gasteiger charge is -2.10. The Morgan fingerprint density at radius 2 is 2.18 bits per heavy atom. The molecule has 1 rings (SSSR count). The van der Waals surface area contributed by atoms with E-state index in [1.54, 1.807) is 12.1 Å². The highest BCUT2D eigenvalue weighted by Gasteiger charge is 2.04. The van der Waals surface area contributed by atoms with Crippen LogP contribution in [-0.2, 0) is 4.74 Å². The number of nitriles is 1. The molecule has 0 saturated heterocycles. The van der Waals surface area contributed by atoms with Crippen molar-refractivity contribution in [3.8, 4) is 11.8 Å². The SMILES string of the molecule is CC(C)OCCOc1ccc(C=O)cc1C#N. The Kier molecular flexibility index (Phi) is 5.18. The summed E-state index contributed by atoms with van der Waals surface area (Å²) < 4.78 is 10.7. The van der Waals surface area contributed by atoms with E-state index < -0.39 is 0 Å². The third kappa shape index (κ3) is 4.25. The number of benzene rings is 1. The first-order chi connectivity index (χ1) is 8.17. The Labute approximate surface area is 101 Å². The number of hydrogen-bond acceptors (Lipinski definition) is 4. The minimum absolute atomic E-state index is 0.159. The van der Waals surface area contributed by atoms with E-state index in [2.05, 4.69) is 0 Å². The fourth-order valence-electron chi connectivity index (χ4n) is 1.27. The summed E-state index contributed by atoms with van der Waals surface area (Å²) in [6, 6.07) is 6.74. The van der Waals surface area contributed by atoms with Crippen molar-refractivity contribution in [3.63, 3.8) is 0 Å². The number of carbonyl (C=O) groups excluding carboxylic acids is 1. The molecule has 90 valence electrons. The van der Waals surface area contributed by atoms with Crippen LogP contribution in [0.4, 0.5) is 0 Å². The molecule has 0 fully saturated rings. The Bertz CT molecular complexity index is 421. The zero-order valence-electron chi connectivity index (χ0n) is 9.97. The topological polar surface area (TPSA) is 59.3 Å². The first-order valence-electron chi connectivity index (χ1n) is 5.41. The van der Waals surface area contributed by atoms with Crippen molar-refractivity contribution in [2.24, 2.45) is 0 Å². The number of aldehydes is 1. The summed E-state index contributed by atoms with van der Waals surface area (Å²) >= 11 is 0. The molecular weight excluding hydrogens is 218 g/mol. The lowest BCUT2D eigenvalue weighted by molar-refractivity contribution is 0.0552. The highest BCUT2D eigenvalue weighted by molar-refractivity contribution is 5.76. The van der Waals surface area contributed by atoms with Gasteiger partial charge in [0.05, 0.1) is 18.3 Å². The number of hydrogen-bond donors (Lipinski definition) is 0. The van der Waals surface area contributed by atoms with Crippen LogP contribution in [0.25, 0.3) is 0 Å². The van der Waals surface area contributed by atoms with Gasteiger partial charge in [0, 0.05) is 5.56 Å². The number of carbonyl (C=O) groups is 1. The first kappa shape index (κ1) is 13.2. The van der Waals surface area contributed by atoms with Crippen molar-refractivity contribution in [3.05, 3.63) is 29.3 Å². The second-order valence-corrected chi connectivity index (χ2v) is 3.75. The number of rotatable bonds is 6. The van der Waals surface area contributed by atoms with Crippen LogP contribution in [0, 0.1) is 11.3 Å². The molecule has 0 spiro atoms. The summed E-state index contributed by atoms with van der Waals surface area (Å²) in [4.78, 5) is 10.6. The summed E-state index contributed by atoms with van der Waals surface area (Å²) in [6.45, 7) is 4.74. The van der Waals surface area contributed by atoms with Gasteiger partial charge in [0.1, 0.15) is 24.7 Å². The van der Waals surface area contributed by atoms with E-state index in [4.69, 9.17) is 14.7 Å². The van der Waals surface area contributed by atoms with Crippen LogP contribution in [0.5, 0.6) is 5.75 Å². The van der Waals surface area contributed by atoms with E-state index >= 15 is 0 Å². The number of nitrogens with zero attached hydrogens (tertiary/aromatic N) is 1. The molecule has 0 N–H and O–H groups in total. The van der Waals surface area contributed by atoms with Crippen LogP contribution in [0.15, 0.2) is 18.2 Å². The number of ether oxygens (including phenoxy) is 2. The fraction of sp³-hybridized carbons (Fsp3) is 0.385. The van der Waals surface area contributed by atoms with Gasteiger partial charge in [-0.25, -0.2) is 0 Å². The van der Waals surface area contributed by atoms with Gasteiger partial charge in [0.25, 0.3) is 0 Å². The Balaban J connectivity index is 2.59. The van der Waals surface area contributed by atoms with Crippen LogP contribution in [0.1, 0.15) is 29.8 Å². The van der Waals surface area contributed by atoms with E-state index in [9.17, 15) is 4.79 Å². The van der Waals surface area contributed by atoms with Crippen molar-refractivity contribution >= 4 is 6.29 Å². The Morgan fingerprint density at radius 1 is 1.41 bits per heavy atom. The van der Waals surface area contributed by atoms with Crippen LogP contribution in [0.2, 0.25) is 0 Å². The maximum Gasteiger partial charge on any atom is 0.150 e. The van der Waals surface area contributed by atoms with E-state index in [1.807, 2.05) is 19.9 Å². The minimum atomic E-state index is 0.159. The van der Waals surface area contributed by atoms with Gasteiger partial charge in [-0.2, -0.15) is 5.26 Å². The molecule has 0 aromatic heterocycles. The average Bonchev–Trinajstić information content (AvgIpc) is 2.34. The summed E-state index contributed by atoms with van der Waals surface area (Å²) in [6.07, 6.45) is 0.860. The van der Waals surface area contributed by atoms with Gasteiger partial charge in [0.2, 0.25) is 0 Å². The second-order valence-electron chi connectivity index (χ2n) is 3.75. The minimum Gasteiger partial charge on any atom is -0.490 e. The molecule has 4 heteroatoms. The lowest BCUT2D eigenvalue weighted by atomic mass is 10.1. The van der Waals surface area contributed by atoms with Crippen LogP contribution in [0.3, 0.4) is 0 Å². The molecule has 0 aliphatic carbocycles. The average molecular weight is 233 g/mol. The van der Waals surface area contributed by atoms with Gasteiger partial charge in [-0.15, -0.1) is 0 Å². The second kappa shape index (κ2) is 6.66. The first-order valence-corrected chi connectivity index (χ1v) is 5.41. The zero-order valence-corrected chi connectivity index (χ0v) is 9.97. The standard InChI is InChI=1S/C13H15NO3/c1-10(2)16-5-6-17-13-4-3-11(9-15)7-12(13)8-14/h3-4,7,9-10H,5-6H2,1-2H3. The molecule has 17 heavy (non-hydrogen) atoms. The highest BCUT2D eigenvalue weighted by atomic mass is 16.5. The third-order valence-corrected chi connectivity index (χ3v) is 2.05. The van der Waals surface area contributed by atoms with E-state index in [1.165, 1.54) is 6.07 Å². The van der Waals surface area contributed by atoms with Crippen molar-refractivity contribution < 1.29 is 14.3 Å². The predicted octanol–water partition coefficient (Wildman–Crippen LogP) is 2.17. The smallest absolute Gasteiger partial charge is 0.150 e. The predicted molar refractivity (Wildman–Crippen MR) is 63.1 cm³/mol. The lowest BCUT2D eigenvalue weighted by Crippen LogP contribution is -2.11. The Hall–Kier alpha value is -1.86. The van der Waals surface area contributed by atoms with E-state index in [-0.39, 0.29) is 6.10 Å². The van der Waals surface area contributed by atoms with Gasteiger partial charge >= 0.3 is 0 Å². The molecule has 1 aromatic carbocycles. The van der Waals surface area contributed by atoms with Crippen LogP contribution >= 0.6 is 0 Å². The van der Waals surface area contributed by atoms with Crippen molar-refractivity contribution in [2.75, 3.05) is 13.2 Å². The molecule has 0 saturated carbocycles. The molecule has 4 nitrogen and oxygen atoms in total. The summed E-state index contributed by atoms with van der Waals surface area (Å²) in [7, 11) is 0. The summed E-state index contributed by atoms with van der Waals surface area (Å²) in [5.74, 6) is 0.477. The van der Waals surface area contributed by atoms with Gasteiger partial charge in [-0.3, -0.25) is 4.79 Å². The maximum absolute atomic E-state index is 10.6. The van der Waals surface area contributed by atoms with Crippen LogP contribution in [-0.4, -0.2) is 25.6 Å². The highest BCUT2D eigenvalue weighted by Crippen LogP contribution is 2.18. The monoisotopic (exact) mass is 233 g/mol. The van der Waals surface area contributed by atoms with Crippen molar-refractivity contribution in [1.82, 2.24) is 0 Å². The Morgan fingerprint density at radius 3 is 2.76 bits per heavy atom. The summed E-state index contributed by atoms with van der Waals surface area (Å²) in [5, 5.41) is 8.91. The van der Waals surface area contributed by atoms with E-state index in [0.717, 1.165) is 0 Å². The molecule has 1 aromatic rings. The molecule has 0 radical (unpaired) electrons. The van der Waals surface area contributed by atoms with Gasteiger partial charge in [0.15, 0.2) is 0 Å². The maximum atomic E-state index is 10.6. The fourth-order valence-corrected chi connectivity index (χ4v) is 1.27. The molecule has 0 aliphatic heterocycles. The third-order valence-electron chi connectivity index (χ3n) is 2.05. The molecule has 0 atom stereocenters. The largest absolute Gasteiger partial charge is 0.490 e. The quantitative estimate of drug-likeness (QED) is 0.558. The molecule has 0 bridgehead atoms. The molecule has 0 heterocycles.